The first-order chi connectivity index (χ1) is 15.9. The van der Waals surface area contributed by atoms with Crippen molar-refractivity contribution in [3.8, 4) is 5.75 Å². The van der Waals surface area contributed by atoms with E-state index in [1.165, 1.54) is 23.1 Å². The Morgan fingerprint density at radius 2 is 2.15 bits per heavy atom. The first-order valence-electron chi connectivity index (χ1n) is 10.1. The smallest absolute Gasteiger partial charge is 0.286 e. The lowest BCUT2D eigenvalue weighted by Crippen LogP contribution is -2.30. The summed E-state index contributed by atoms with van der Waals surface area (Å²) in [7, 11) is -2.17. The molecule has 1 saturated carbocycles. The molecule has 0 unspecified atom stereocenters. The van der Waals surface area contributed by atoms with Crippen molar-refractivity contribution < 1.29 is 23.7 Å². The molecule has 1 fully saturated rings. The van der Waals surface area contributed by atoms with Crippen molar-refractivity contribution in [3.63, 3.8) is 0 Å². The molecule has 12 heteroatoms. The van der Waals surface area contributed by atoms with Crippen molar-refractivity contribution in [2.45, 2.75) is 24.3 Å². The van der Waals surface area contributed by atoms with E-state index < -0.39 is 16.3 Å². The summed E-state index contributed by atoms with van der Waals surface area (Å²) in [5.41, 5.74) is 0.195. The van der Waals surface area contributed by atoms with Gasteiger partial charge in [-0.25, -0.2) is 0 Å². The minimum absolute atomic E-state index is 0.0532. The highest BCUT2D eigenvalue weighted by Crippen LogP contribution is 2.59. The summed E-state index contributed by atoms with van der Waals surface area (Å²) in [6.45, 7) is 0.156. The van der Waals surface area contributed by atoms with Crippen LogP contribution in [0.3, 0.4) is 0 Å². The van der Waals surface area contributed by atoms with Crippen LogP contribution in [-0.2, 0) is 16.1 Å². The summed E-state index contributed by atoms with van der Waals surface area (Å²) in [6, 6.07) is 6.85. The standard InChI is InChI=1S/C21H22N4O6S2/c1-30-11-31-9-13-10-32-20-18(13)33(28,29)24-19(23-20)16-17(26)14-4-2-3-5-15(14)25(21(16)27)22-8-12-6-7-12/h2-5,8,10,12,26,28-29H,6-7,9,11H2,1H3,(H,23,24). The van der Waals surface area contributed by atoms with Crippen molar-refractivity contribution in [2.75, 3.05) is 19.2 Å². The number of fused-ring (bicyclic) bond motifs is 2. The molecule has 4 N–H and O–H groups in total. The van der Waals surface area contributed by atoms with Gasteiger partial charge in [-0.1, -0.05) is 22.9 Å². The number of thiophene rings is 1. The minimum Gasteiger partial charge on any atom is -0.506 e. The van der Waals surface area contributed by atoms with E-state index in [0.29, 0.717) is 27.4 Å². The number of aromatic nitrogens is 1. The summed E-state index contributed by atoms with van der Waals surface area (Å²) < 4.78 is 37.2. The number of hydrogen-bond donors (Lipinski definition) is 4. The Bertz CT molecular complexity index is 1340. The molecule has 0 amide bonds. The highest BCUT2D eigenvalue weighted by Gasteiger charge is 2.34. The zero-order valence-electron chi connectivity index (χ0n) is 17.6. The third-order valence-electron chi connectivity index (χ3n) is 5.28. The van der Waals surface area contributed by atoms with Crippen LogP contribution in [0.25, 0.3) is 10.9 Å². The summed E-state index contributed by atoms with van der Waals surface area (Å²) >= 11 is 1.22. The number of amidine groups is 1. The Morgan fingerprint density at radius 3 is 2.91 bits per heavy atom. The monoisotopic (exact) mass is 490 g/mol. The number of methoxy groups -OCH3 is 1. The normalized spacial score (nSPS) is 18.2. The van der Waals surface area contributed by atoms with Crippen molar-refractivity contribution in [2.24, 2.45) is 15.4 Å². The number of benzene rings is 1. The van der Waals surface area contributed by atoms with Gasteiger partial charge in [-0.2, -0.15) is 9.78 Å². The number of pyridine rings is 1. The molecule has 1 aliphatic carbocycles. The predicted molar refractivity (Wildman–Crippen MR) is 129 cm³/mol. The number of rotatable bonds is 7. The molecule has 0 bridgehead atoms. The zero-order valence-corrected chi connectivity index (χ0v) is 19.2. The minimum atomic E-state index is -3.66. The van der Waals surface area contributed by atoms with E-state index in [0.717, 1.165) is 12.8 Å². The number of nitrogens with one attached hydrogen (secondary N) is 1. The Labute approximate surface area is 194 Å². The molecule has 10 nitrogen and oxygen atoms in total. The maximum Gasteiger partial charge on any atom is 0.286 e. The summed E-state index contributed by atoms with van der Waals surface area (Å²) in [6.07, 6.45) is 3.77. The molecule has 1 aliphatic heterocycles. The number of aromatic hydroxyl groups is 1. The summed E-state index contributed by atoms with van der Waals surface area (Å²) in [4.78, 5) is 13.6. The Morgan fingerprint density at radius 1 is 1.36 bits per heavy atom. The van der Waals surface area contributed by atoms with Gasteiger partial charge < -0.3 is 19.9 Å². The molecule has 0 spiro atoms. The van der Waals surface area contributed by atoms with E-state index in [4.69, 9.17) is 9.47 Å². The van der Waals surface area contributed by atoms with Crippen molar-refractivity contribution in [3.05, 3.63) is 51.1 Å². The predicted octanol–water partition coefficient (Wildman–Crippen LogP) is 4.03. The maximum atomic E-state index is 13.4. The molecule has 2 aromatic heterocycles. The largest absolute Gasteiger partial charge is 0.506 e. The lowest BCUT2D eigenvalue weighted by Gasteiger charge is -2.33. The Balaban J connectivity index is 1.62. The molecule has 3 aromatic rings. The van der Waals surface area contributed by atoms with Gasteiger partial charge in [0.1, 0.15) is 28.0 Å². The molecule has 0 radical (unpaired) electrons. The van der Waals surface area contributed by atoms with Gasteiger partial charge in [-0.05, 0) is 30.9 Å². The molecular weight excluding hydrogens is 468 g/mol. The van der Waals surface area contributed by atoms with Crippen LogP contribution in [0.2, 0.25) is 0 Å². The van der Waals surface area contributed by atoms with Crippen LogP contribution in [-0.4, -0.2) is 44.8 Å². The van der Waals surface area contributed by atoms with Crippen LogP contribution in [0.15, 0.2) is 48.8 Å². The van der Waals surface area contributed by atoms with Gasteiger partial charge >= 0.3 is 0 Å². The fourth-order valence-electron chi connectivity index (χ4n) is 3.56. The van der Waals surface area contributed by atoms with Gasteiger partial charge in [0.15, 0.2) is 5.84 Å². The molecule has 2 aliphatic rings. The molecule has 0 atom stereocenters. The van der Waals surface area contributed by atoms with Gasteiger partial charge in [0.2, 0.25) is 0 Å². The van der Waals surface area contributed by atoms with Crippen LogP contribution in [0.4, 0.5) is 5.00 Å². The lowest BCUT2D eigenvalue weighted by atomic mass is 10.1. The van der Waals surface area contributed by atoms with Crippen LogP contribution in [0.5, 0.6) is 5.75 Å². The summed E-state index contributed by atoms with van der Waals surface area (Å²) in [5.74, 6) is -0.103. The molecular formula is C21H22N4O6S2. The van der Waals surface area contributed by atoms with E-state index in [1.54, 1.807) is 35.9 Å². The average Bonchev–Trinajstić information content (AvgIpc) is 3.52. The highest BCUT2D eigenvalue weighted by atomic mass is 32.3. The quantitative estimate of drug-likeness (QED) is 0.223. The van der Waals surface area contributed by atoms with Crippen LogP contribution in [0.1, 0.15) is 24.0 Å². The van der Waals surface area contributed by atoms with E-state index in [1.807, 2.05) is 0 Å². The number of hydrogen-bond acceptors (Lipinski definition) is 10. The molecule has 1 aromatic carbocycles. The number of nitrogens with zero attached hydrogens (tertiary/aromatic N) is 3. The Kier molecular flexibility index (Phi) is 5.72. The van der Waals surface area contributed by atoms with Crippen LogP contribution in [0, 0.1) is 5.92 Å². The molecule has 5 rings (SSSR count). The lowest BCUT2D eigenvalue weighted by molar-refractivity contribution is -0.0396. The fraction of sp³-hybridized carbons (Fsp3) is 0.286. The van der Waals surface area contributed by atoms with Crippen molar-refractivity contribution >= 4 is 50.1 Å². The molecule has 0 saturated heterocycles. The number of anilines is 1. The maximum absolute atomic E-state index is 13.4. The Hall–Kier alpha value is -2.74. The third-order valence-corrected chi connectivity index (χ3v) is 7.81. The van der Waals surface area contributed by atoms with Gasteiger partial charge in [-0.15, -0.1) is 15.7 Å². The van der Waals surface area contributed by atoms with E-state index in [-0.39, 0.29) is 35.4 Å². The molecule has 33 heavy (non-hydrogen) atoms. The van der Waals surface area contributed by atoms with Crippen molar-refractivity contribution in [1.29, 1.82) is 0 Å². The first-order valence-corrected chi connectivity index (χ1v) is 12.5. The second-order valence-electron chi connectivity index (χ2n) is 7.72. The van der Waals surface area contributed by atoms with Gasteiger partial charge in [-0.3, -0.25) is 13.9 Å². The van der Waals surface area contributed by atoms with E-state index >= 15 is 0 Å². The van der Waals surface area contributed by atoms with Gasteiger partial charge in [0, 0.05) is 29.7 Å². The van der Waals surface area contributed by atoms with Crippen LogP contribution >= 0.6 is 22.1 Å². The SMILES string of the molecule is COCOCc1csc2c1S(O)(O)N=C(c1c(O)c3ccccc3n(N=CC3CC3)c1=O)N2. The van der Waals surface area contributed by atoms with Gasteiger partial charge in [0.25, 0.3) is 5.56 Å². The zero-order chi connectivity index (χ0) is 23.2. The van der Waals surface area contributed by atoms with E-state index in [9.17, 15) is 19.0 Å². The van der Waals surface area contributed by atoms with Crippen LogP contribution < -0.4 is 10.9 Å². The van der Waals surface area contributed by atoms with Gasteiger partial charge in [0.05, 0.1) is 12.1 Å². The third kappa shape index (κ3) is 4.05. The first kappa shape index (κ1) is 22.1. The van der Waals surface area contributed by atoms with Crippen molar-refractivity contribution in [1.82, 2.24) is 4.68 Å². The molecule has 3 heterocycles. The summed E-state index contributed by atoms with van der Waals surface area (Å²) in [5, 5.41) is 20.9. The van der Waals surface area contributed by atoms with E-state index in [2.05, 4.69) is 14.8 Å². The average molecular weight is 491 g/mol. The number of ether oxygens (including phenoxy) is 2. The second kappa shape index (κ2) is 8.56. The topological polar surface area (TPSA) is 138 Å². The fourth-order valence-corrected chi connectivity index (χ4v) is 6.21. The highest BCUT2D eigenvalue weighted by molar-refractivity contribution is 8.23. The molecule has 174 valence electrons. The number of para-hydroxylation sites is 1. The second-order valence-corrected chi connectivity index (χ2v) is 10.2.